The molecule has 0 aliphatic carbocycles. The van der Waals surface area contributed by atoms with Crippen LogP contribution in [0.15, 0.2) is 29.2 Å². The normalized spacial score (nSPS) is 10.8. The van der Waals surface area contributed by atoms with Crippen molar-refractivity contribution in [3.8, 4) is 0 Å². The molecule has 6 heteroatoms. The minimum Gasteiger partial charge on any atom is -0.357 e. The van der Waals surface area contributed by atoms with Gasteiger partial charge in [-0.05, 0) is 52.0 Å². The van der Waals surface area contributed by atoms with Crippen LogP contribution in [0.5, 0.6) is 0 Å². The molecule has 1 amide bonds. The van der Waals surface area contributed by atoms with Crippen LogP contribution < -0.4 is 16.2 Å². The van der Waals surface area contributed by atoms with Crippen molar-refractivity contribution in [3.63, 3.8) is 0 Å². The Balaban J connectivity index is 2.27. The van der Waals surface area contributed by atoms with E-state index < -0.39 is 0 Å². The molecular formula is C14H21N3OS2. The van der Waals surface area contributed by atoms with Crippen LogP contribution >= 0.6 is 24.0 Å². The Kier molecular flexibility index (Phi) is 6.29. The van der Waals surface area contributed by atoms with E-state index in [-0.39, 0.29) is 11.4 Å². The van der Waals surface area contributed by atoms with Gasteiger partial charge in [0.25, 0.3) is 0 Å². The molecule has 0 fully saturated rings. The van der Waals surface area contributed by atoms with Gasteiger partial charge in [-0.15, -0.1) is 11.8 Å². The number of amides is 1. The average molecular weight is 311 g/mol. The van der Waals surface area contributed by atoms with Gasteiger partial charge >= 0.3 is 0 Å². The summed E-state index contributed by atoms with van der Waals surface area (Å²) in [5, 5.41) is 3.46. The number of thioether (sulfide) groups is 1. The third kappa shape index (κ3) is 7.35. The lowest BCUT2D eigenvalue weighted by molar-refractivity contribution is -0.119. The predicted octanol–water partition coefficient (Wildman–Crippen LogP) is 2.38. The number of nitrogens with one attached hydrogen (secondary N) is 3. The van der Waals surface area contributed by atoms with Crippen molar-refractivity contribution in [3.05, 3.63) is 29.8 Å². The van der Waals surface area contributed by atoms with Gasteiger partial charge in [0.1, 0.15) is 0 Å². The molecule has 3 N–H and O–H groups in total. The largest absolute Gasteiger partial charge is 0.357 e. The Morgan fingerprint density at radius 2 is 1.80 bits per heavy atom. The number of thiocarbonyl (C=S) groups is 1. The van der Waals surface area contributed by atoms with E-state index in [0.29, 0.717) is 10.9 Å². The van der Waals surface area contributed by atoms with Crippen molar-refractivity contribution >= 4 is 35.0 Å². The van der Waals surface area contributed by atoms with Crippen LogP contribution in [-0.2, 0) is 4.79 Å². The first kappa shape index (κ1) is 16.8. The zero-order valence-corrected chi connectivity index (χ0v) is 13.9. The SMILES string of the molecule is Cc1ccc(SCC(=O)NNC(=S)NC(C)(C)C)cc1. The number of hydrazine groups is 1. The molecule has 4 nitrogen and oxygen atoms in total. The van der Waals surface area contributed by atoms with Crippen LogP contribution in [0.4, 0.5) is 0 Å². The van der Waals surface area contributed by atoms with Gasteiger partial charge in [-0.1, -0.05) is 17.7 Å². The molecule has 1 rings (SSSR count). The number of rotatable bonds is 3. The van der Waals surface area contributed by atoms with Crippen molar-refractivity contribution < 1.29 is 4.79 Å². The third-order valence-electron chi connectivity index (χ3n) is 2.19. The van der Waals surface area contributed by atoms with Crippen LogP contribution in [-0.4, -0.2) is 22.3 Å². The van der Waals surface area contributed by atoms with E-state index >= 15 is 0 Å². The van der Waals surface area contributed by atoms with Gasteiger partial charge in [0.15, 0.2) is 5.11 Å². The van der Waals surface area contributed by atoms with E-state index in [1.807, 2.05) is 52.0 Å². The summed E-state index contributed by atoms with van der Waals surface area (Å²) in [6.45, 7) is 8.02. The van der Waals surface area contributed by atoms with E-state index in [4.69, 9.17) is 12.2 Å². The first-order valence-corrected chi connectivity index (χ1v) is 7.72. The molecule has 0 saturated heterocycles. The fraction of sp³-hybridized carbons (Fsp3) is 0.429. The lowest BCUT2D eigenvalue weighted by Crippen LogP contribution is -2.52. The molecule has 0 aliphatic heterocycles. The maximum atomic E-state index is 11.7. The number of hydrogen-bond donors (Lipinski definition) is 3. The second-order valence-electron chi connectivity index (χ2n) is 5.48. The summed E-state index contributed by atoms with van der Waals surface area (Å²) >= 11 is 6.56. The Bertz CT molecular complexity index is 466. The van der Waals surface area contributed by atoms with Gasteiger partial charge in [-0.25, -0.2) is 0 Å². The van der Waals surface area contributed by atoms with Crippen LogP contribution in [0.25, 0.3) is 0 Å². The van der Waals surface area contributed by atoms with Crippen molar-refractivity contribution in [2.75, 3.05) is 5.75 Å². The molecule has 0 unspecified atom stereocenters. The third-order valence-corrected chi connectivity index (χ3v) is 3.41. The number of carbonyl (C=O) groups excluding carboxylic acids is 1. The average Bonchev–Trinajstić information content (AvgIpc) is 2.33. The molecule has 0 atom stereocenters. The zero-order valence-electron chi connectivity index (χ0n) is 12.2. The zero-order chi connectivity index (χ0) is 15.2. The van der Waals surface area contributed by atoms with Crippen molar-refractivity contribution in [1.82, 2.24) is 16.2 Å². The quantitative estimate of drug-likeness (QED) is 0.455. The molecule has 0 spiro atoms. The second-order valence-corrected chi connectivity index (χ2v) is 6.94. The minimum absolute atomic E-state index is 0.117. The van der Waals surface area contributed by atoms with Gasteiger partial charge in [0.2, 0.25) is 5.91 Å². The molecule has 1 aromatic carbocycles. The maximum Gasteiger partial charge on any atom is 0.248 e. The topological polar surface area (TPSA) is 53.2 Å². The monoisotopic (exact) mass is 311 g/mol. The highest BCUT2D eigenvalue weighted by atomic mass is 32.2. The Morgan fingerprint density at radius 3 is 2.35 bits per heavy atom. The molecule has 0 aromatic heterocycles. The number of benzene rings is 1. The lowest BCUT2D eigenvalue weighted by atomic mass is 10.1. The van der Waals surface area contributed by atoms with Crippen LogP contribution in [0.3, 0.4) is 0 Å². The van der Waals surface area contributed by atoms with E-state index in [2.05, 4.69) is 16.2 Å². The molecule has 110 valence electrons. The molecule has 0 bridgehead atoms. The Hall–Kier alpha value is -1.27. The molecule has 0 saturated carbocycles. The van der Waals surface area contributed by atoms with Crippen molar-refractivity contribution in [2.24, 2.45) is 0 Å². The van der Waals surface area contributed by atoms with Gasteiger partial charge in [0, 0.05) is 10.4 Å². The summed E-state index contributed by atoms with van der Waals surface area (Å²) < 4.78 is 0. The second kappa shape index (κ2) is 7.50. The van der Waals surface area contributed by atoms with Crippen LogP contribution in [0.1, 0.15) is 26.3 Å². The summed E-state index contributed by atoms with van der Waals surface area (Å²) in [6, 6.07) is 8.07. The number of aryl methyl sites for hydroxylation is 1. The van der Waals surface area contributed by atoms with Gasteiger partial charge in [0.05, 0.1) is 5.75 Å². The molecule has 1 aromatic rings. The smallest absolute Gasteiger partial charge is 0.248 e. The van der Waals surface area contributed by atoms with Crippen LogP contribution in [0, 0.1) is 6.92 Å². The molecule has 0 heterocycles. The predicted molar refractivity (Wildman–Crippen MR) is 88.7 cm³/mol. The van der Waals surface area contributed by atoms with E-state index in [0.717, 1.165) is 4.90 Å². The number of hydrogen-bond acceptors (Lipinski definition) is 3. The summed E-state index contributed by atoms with van der Waals surface area (Å²) in [5.41, 5.74) is 6.34. The highest BCUT2D eigenvalue weighted by molar-refractivity contribution is 8.00. The Morgan fingerprint density at radius 1 is 1.20 bits per heavy atom. The minimum atomic E-state index is -0.133. The number of carbonyl (C=O) groups is 1. The van der Waals surface area contributed by atoms with Crippen molar-refractivity contribution in [2.45, 2.75) is 38.1 Å². The van der Waals surface area contributed by atoms with Gasteiger partial charge < -0.3 is 5.32 Å². The van der Waals surface area contributed by atoms with E-state index in [1.54, 1.807) is 0 Å². The lowest BCUT2D eigenvalue weighted by Gasteiger charge is -2.23. The molecule has 0 aliphatic rings. The van der Waals surface area contributed by atoms with Crippen molar-refractivity contribution in [1.29, 1.82) is 0 Å². The fourth-order valence-corrected chi connectivity index (χ4v) is 2.37. The van der Waals surface area contributed by atoms with Gasteiger partial charge in [-0.3, -0.25) is 15.6 Å². The first-order chi connectivity index (χ1) is 9.26. The molecule has 0 radical (unpaired) electrons. The molecular weight excluding hydrogens is 290 g/mol. The summed E-state index contributed by atoms with van der Waals surface area (Å²) in [7, 11) is 0. The Labute approximate surface area is 130 Å². The summed E-state index contributed by atoms with van der Waals surface area (Å²) in [6.07, 6.45) is 0. The summed E-state index contributed by atoms with van der Waals surface area (Å²) in [4.78, 5) is 12.7. The standard InChI is InChI=1S/C14H21N3OS2/c1-10-5-7-11(8-6-10)20-9-12(18)16-17-13(19)15-14(2,3)4/h5-8H,9H2,1-4H3,(H,16,18)(H2,15,17,19). The van der Waals surface area contributed by atoms with E-state index in [1.165, 1.54) is 17.3 Å². The molecule has 20 heavy (non-hydrogen) atoms. The first-order valence-electron chi connectivity index (χ1n) is 6.33. The van der Waals surface area contributed by atoms with Gasteiger partial charge in [-0.2, -0.15) is 0 Å². The van der Waals surface area contributed by atoms with Crippen LogP contribution in [0.2, 0.25) is 0 Å². The fourth-order valence-electron chi connectivity index (χ4n) is 1.32. The highest BCUT2D eigenvalue weighted by Gasteiger charge is 2.11. The maximum absolute atomic E-state index is 11.7. The van der Waals surface area contributed by atoms with E-state index in [9.17, 15) is 4.79 Å². The summed E-state index contributed by atoms with van der Waals surface area (Å²) in [5.74, 6) is 0.224. The highest BCUT2D eigenvalue weighted by Crippen LogP contribution is 2.17.